The van der Waals surface area contributed by atoms with E-state index in [1.807, 2.05) is 0 Å². The largest absolute Gasteiger partial charge is 0.381 e. The molecule has 0 saturated carbocycles. The number of hydrogen-bond acceptors (Lipinski definition) is 5. The zero-order valence-electron chi connectivity index (χ0n) is 11.7. The molecule has 0 aliphatic carbocycles. The Balaban J connectivity index is 1.83. The van der Waals surface area contributed by atoms with E-state index in [0.717, 1.165) is 26.1 Å². The van der Waals surface area contributed by atoms with Gasteiger partial charge in [-0.3, -0.25) is 0 Å². The van der Waals surface area contributed by atoms with Crippen LogP contribution in [0.3, 0.4) is 0 Å². The van der Waals surface area contributed by atoms with Gasteiger partial charge in [-0.05, 0) is 31.6 Å². The molecular weight excluding hydrogens is 304 g/mol. The van der Waals surface area contributed by atoms with E-state index >= 15 is 0 Å². The fourth-order valence-electron chi connectivity index (χ4n) is 2.86. The molecule has 0 atom stereocenters. The van der Waals surface area contributed by atoms with Crippen LogP contribution in [0.5, 0.6) is 0 Å². The summed E-state index contributed by atoms with van der Waals surface area (Å²) in [6.07, 6.45) is 3.41. The van der Waals surface area contributed by atoms with Gasteiger partial charge >= 0.3 is 0 Å². The molecule has 0 aromatic rings. The van der Waals surface area contributed by atoms with Gasteiger partial charge in [0, 0.05) is 49.1 Å². The molecule has 0 bridgehead atoms. The highest BCUT2D eigenvalue weighted by atomic mass is 35.7. The third-order valence-corrected chi connectivity index (χ3v) is 5.42. The molecule has 0 unspecified atom stereocenters. The Morgan fingerprint density at radius 1 is 1.10 bits per heavy atom. The molecular formula is C13H23ClO5S. The van der Waals surface area contributed by atoms with Crippen molar-refractivity contribution in [2.75, 3.05) is 45.4 Å². The van der Waals surface area contributed by atoms with Gasteiger partial charge in [0.1, 0.15) is 0 Å². The minimum Gasteiger partial charge on any atom is -0.381 e. The lowest BCUT2D eigenvalue weighted by Gasteiger charge is -2.36. The SMILES string of the molecule is O=S(=O)(Cl)CC1(COCC2CCOCC2)CCOCC1. The standard InChI is InChI=1S/C13H23ClO5S/c14-20(15,16)11-13(3-7-18-8-4-13)10-19-9-12-1-5-17-6-2-12/h12H,1-11H2. The summed E-state index contributed by atoms with van der Waals surface area (Å²) < 4.78 is 39.3. The molecule has 2 aliphatic heterocycles. The molecule has 0 spiro atoms. The van der Waals surface area contributed by atoms with E-state index in [4.69, 9.17) is 24.9 Å². The summed E-state index contributed by atoms with van der Waals surface area (Å²) in [6, 6.07) is 0. The Labute approximate surface area is 125 Å². The molecule has 2 aliphatic rings. The molecule has 0 radical (unpaired) electrons. The van der Waals surface area contributed by atoms with E-state index in [1.54, 1.807) is 0 Å². The second-order valence-electron chi connectivity index (χ2n) is 5.87. The van der Waals surface area contributed by atoms with Gasteiger partial charge in [0.05, 0.1) is 12.4 Å². The van der Waals surface area contributed by atoms with Gasteiger partial charge in [0.2, 0.25) is 9.05 Å². The second kappa shape index (κ2) is 7.40. The summed E-state index contributed by atoms with van der Waals surface area (Å²) in [4.78, 5) is 0. The fraction of sp³-hybridized carbons (Fsp3) is 1.00. The van der Waals surface area contributed by atoms with Crippen molar-refractivity contribution in [3.05, 3.63) is 0 Å². The summed E-state index contributed by atoms with van der Waals surface area (Å²) in [6.45, 7) is 3.86. The first-order valence-electron chi connectivity index (χ1n) is 7.15. The molecule has 118 valence electrons. The number of hydrogen-bond donors (Lipinski definition) is 0. The molecule has 5 nitrogen and oxygen atoms in total. The van der Waals surface area contributed by atoms with Crippen molar-refractivity contribution >= 4 is 19.7 Å². The van der Waals surface area contributed by atoms with Gasteiger partial charge < -0.3 is 14.2 Å². The molecule has 0 aromatic carbocycles. The Hall–Kier alpha value is 0.120. The zero-order chi connectivity index (χ0) is 14.5. The van der Waals surface area contributed by atoms with Crippen molar-refractivity contribution in [2.24, 2.45) is 11.3 Å². The molecule has 2 heterocycles. The molecule has 0 N–H and O–H groups in total. The fourth-order valence-corrected chi connectivity index (χ4v) is 4.65. The minimum atomic E-state index is -3.52. The van der Waals surface area contributed by atoms with Crippen molar-refractivity contribution in [1.82, 2.24) is 0 Å². The second-order valence-corrected chi connectivity index (χ2v) is 8.64. The molecule has 2 fully saturated rings. The van der Waals surface area contributed by atoms with Crippen molar-refractivity contribution in [2.45, 2.75) is 25.7 Å². The lowest BCUT2D eigenvalue weighted by atomic mass is 9.83. The molecule has 0 aromatic heterocycles. The van der Waals surface area contributed by atoms with E-state index in [-0.39, 0.29) is 11.2 Å². The van der Waals surface area contributed by atoms with Gasteiger partial charge in [-0.2, -0.15) is 0 Å². The normalized spacial score (nSPS) is 24.6. The average Bonchev–Trinajstić information content (AvgIpc) is 2.39. The van der Waals surface area contributed by atoms with Crippen molar-refractivity contribution in [3.8, 4) is 0 Å². The predicted octanol–water partition coefficient (Wildman–Crippen LogP) is 1.80. The van der Waals surface area contributed by atoms with Gasteiger partial charge in [-0.25, -0.2) is 8.42 Å². The number of rotatable bonds is 6. The minimum absolute atomic E-state index is 0.0291. The van der Waals surface area contributed by atoms with E-state index in [2.05, 4.69) is 0 Å². The van der Waals surface area contributed by atoms with Crippen molar-refractivity contribution in [1.29, 1.82) is 0 Å². The Morgan fingerprint density at radius 2 is 1.70 bits per heavy atom. The van der Waals surface area contributed by atoms with E-state index in [9.17, 15) is 8.42 Å². The Bertz CT molecular complexity index is 386. The van der Waals surface area contributed by atoms with E-state index in [1.165, 1.54) is 0 Å². The van der Waals surface area contributed by atoms with Crippen molar-refractivity contribution in [3.63, 3.8) is 0 Å². The van der Waals surface area contributed by atoms with Crippen LogP contribution in [0.4, 0.5) is 0 Å². The summed E-state index contributed by atoms with van der Waals surface area (Å²) in [5, 5.41) is 0. The molecule has 20 heavy (non-hydrogen) atoms. The van der Waals surface area contributed by atoms with Crippen LogP contribution in [0.2, 0.25) is 0 Å². The highest BCUT2D eigenvalue weighted by molar-refractivity contribution is 8.13. The average molecular weight is 327 g/mol. The van der Waals surface area contributed by atoms with Gasteiger partial charge in [0.15, 0.2) is 0 Å². The molecule has 0 amide bonds. The van der Waals surface area contributed by atoms with Crippen LogP contribution in [-0.4, -0.2) is 53.8 Å². The van der Waals surface area contributed by atoms with Crippen LogP contribution in [-0.2, 0) is 23.3 Å². The Morgan fingerprint density at radius 3 is 2.30 bits per heavy atom. The highest BCUT2D eigenvalue weighted by Gasteiger charge is 2.37. The van der Waals surface area contributed by atoms with Crippen LogP contribution < -0.4 is 0 Å². The monoisotopic (exact) mass is 326 g/mol. The quantitative estimate of drug-likeness (QED) is 0.696. The maximum atomic E-state index is 11.4. The third-order valence-electron chi connectivity index (χ3n) is 4.13. The lowest BCUT2D eigenvalue weighted by molar-refractivity contribution is -0.0452. The summed E-state index contributed by atoms with van der Waals surface area (Å²) in [7, 11) is 1.92. The van der Waals surface area contributed by atoms with Gasteiger partial charge in [0.25, 0.3) is 0 Å². The first-order chi connectivity index (χ1) is 9.49. The molecule has 2 rings (SSSR count). The van der Waals surface area contributed by atoms with Crippen LogP contribution in [0, 0.1) is 11.3 Å². The van der Waals surface area contributed by atoms with Gasteiger partial charge in [-0.15, -0.1) is 0 Å². The van der Waals surface area contributed by atoms with Crippen LogP contribution in [0.15, 0.2) is 0 Å². The van der Waals surface area contributed by atoms with Crippen molar-refractivity contribution < 1.29 is 22.6 Å². The molecule has 7 heteroatoms. The number of halogens is 1. The summed E-state index contributed by atoms with van der Waals surface area (Å²) >= 11 is 0. The first-order valence-corrected chi connectivity index (χ1v) is 9.63. The summed E-state index contributed by atoms with van der Waals surface area (Å²) in [5.41, 5.74) is -0.385. The maximum absolute atomic E-state index is 11.4. The summed E-state index contributed by atoms with van der Waals surface area (Å²) in [5.74, 6) is 0.492. The first kappa shape index (κ1) is 16.5. The maximum Gasteiger partial charge on any atom is 0.233 e. The van der Waals surface area contributed by atoms with Crippen LogP contribution in [0.25, 0.3) is 0 Å². The lowest BCUT2D eigenvalue weighted by Crippen LogP contribution is -2.39. The van der Waals surface area contributed by atoms with Crippen LogP contribution >= 0.6 is 10.7 Å². The third kappa shape index (κ3) is 5.48. The van der Waals surface area contributed by atoms with Crippen LogP contribution in [0.1, 0.15) is 25.7 Å². The van der Waals surface area contributed by atoms with E-state index < -0.39 is 9.05 Å². The zero-order valence-corrected chi connectivity index (χ0v) is 13.3. The predicted molar refractivity (Wildman–Crippen MR) is 76.5 cm³/mol. The van der Waals surface area contributed by atoms with E-state index in [0.29, 0.717) is 45.2 Å². The topological polar surface area (TPSA) is 61.8 Å². The molecule has 2 saturated heterocycles. The smallest absolute Gasteiger partial charge is 0.233 e. The Kier molecular flexibility index (Phi) is 6.10. The number of ether oxygens (including phenoxy) is 3. The van der Waals surface area contributed by atoms with Gasteiger partial charge in [-0.1, -0.05) is 0 Å². The highest BCUT2D eigenvalue weighted by Crippen LogP contribution is 2.34.